The normalized spacial score (nSPS) is 24.0. The lowest BCUT2D eigenvalue weighted by Gasteiger charge is -2.22. The molecule has 0 aliphatic carbocycles. The molecule has 1 amide bonds. The van der Waals surface area contributed by atoms with Gasteiger partial charge in [-0.3, -0.25) is 4.79 Å². The van der Waals surface area contributed by atoms with Crippen molar-refractivity contribution in [3.05, 3.63) is 24.3 Å². The van der Waals surface area contributed by atoms with Crippen molar-refractivity contribution in [1.82, 2.24) is 0 Å². The summed E-state index contributed by atoms with van der Waals surface area (Å²) in [4.78, 5) is 14.0. The van der Waals surface area contributed by atoms with Crippen LogP contribution in [0.25, 0.3) is 0 Å². The number of phenolic OH excluding ortho intramolecular Hbond substituents is 1. The van der Waals surface area contributed by atoms with Crippen molar-refractivity contribution in [2.24, 2.45) is 0 Å². The van der Waals surface area contributed by atoms with Gasteiger partial charge in [-0.25, -0.2) is 0 Å². The molecule has 0 spiro atoms. The largest absolute Gasteiger partial charge is 0.508 e. The minimum Gasteiger partial charge on any atom is -0.508 e. The molecule has 2 heterocycles. The van der Waals surface area contributed by atoms with Crippen LogP contribution in [0.1, 0.15) is 12.8 Å². The molecule has 0 aromatic heterocycles. The van der Waals surface area contributed by atoms with Gasteiger partial charge in [0.15, 0.2) is 0 Å². The van der Waals surface area contributed by atoms with Gasteiger partial charge in [0, 0.05) is 12.1 Å². The summed E-state index contributed by atoms with van der Waals surface area (Å²) in [6.45, 7) is 2.07. The van der Waals surface area contributed by atoms with E-state index in [0.29, 0.717) is 19.6 Å². The molecule has 2 atom stereocenters. The summed E-state index contributed by atoms with van der Waals surface area (Å²) in [5, 5.41) is 9.31. The van der Waals surface area contributed by atoms with Crippen LogP contribution in [-0.4, -0.2) is 43.0 Å². The Hall–Kier alpha value is -1.59. The van der Waals surface area contributed by atoms with Crippen molar-refractivity contribution in [3.8, 4) is 5.75 Å². The number of carbonyl (C=O) groups excluding carboxylic acids is 1. The summed E-state index contributed by atoms with van der Waals surface area (Å²) in [6, 6.07) is 6.69. The summed E-state index contributed by atoms with van der Waals surface area (Å²) >= 11 is 0. The summed E-state index contributed by atoms with van der Waals surface area (Å²) in [6.07, 6.45) is 1.68. The van der Waals surface area contributed by atoms with E-state index < -0.39 is 0 Å². The van der Waals surface area contributed by atoms with Gasteiger partial charge < -0.3 is 19.5 Å². The molecule has 1 N–H and O–H groups in total. The van der Waals surface area contributed by atoms with Gasteiger partial charge in [0.05, 0.1) is 32.0 Å². The summed E-state index contributed by atoms with van der Waals surface area (Å²) < 4.78 is 10.3. The Balaban J connectivity index is 1.67. The second kappa shape index (κ2) is 5.19. The Kier molecular flexibility index (Phi) is 3.40. The third kappa shape index (κ3) is 3.45. The van der Waals surface area contributed by atoms with Gasteiger partial charge in [-0.15, -0.1) is 0 Å². The summed E-state index contributed by atoms with van der Waals surface area (Å²) in [5.74, 6) is 0.280. The molecule has 2 fully saturated rings. The molecule has 2 aliphatic heterocycles. The van der Waals surface area contributed by atoms with Crippen LogP contribution in [0.4, 0.5) is 5.69 Å². The number of phenols is 1. The van der Waals surface area contributed by atoms with E-state index in [1.165, 1.54) is 0 Å². The first-order valence-corrected chi connectivity index (χ1v) is 6.55. The number of epoxide rings is 2. The molecule has 5 heteroatoms. The fourth-order valence-corrected chi connectivity index (χ4v) is 2.02. The van der Waals surface area contributed by atoms with Crippen molar-refractivity contribution < 1.29 is 19.4 Å². The van der Waals surface area contributed by atoms with E-state index in [4.69, 9.17) is 9.47 Å². The molecule has 1 aromatic rings. The van der Waals surface area contributed by atoms with Crippen LogP contribution in [0.15, 0.2) is 24.3 Å². The first-order chi connectivity index (χ1) is 9.22. The Morgan fingerprint density at radius 3 is 2.42 bits per heavy atom. The molecule has 5 nitrogen and oxygen atoms in total. The molecule has 0 saturated carbocycles. The Morgan fingerprint density at radius 2 is 1.84 bits per heavy atom. The van der Waals surface area contributed by atoms with Crippen LogP contribution in [0.5, 0.6) is 5.75 Å². The average Bonchev–Trinajstić information content (AvgIpc) is 3.27. The maximum atomic E-state index is 12.3. The highest BCUT2D eigenvalue weighted by molar-refractivity contribution is 5.93. The van der Waals surface area contributed by atoms with E-state index in [-0.39, 0.29) is 23.9 Å². The van der Waals surface area contributed by atoms with Crippen LogP contribution in [0, 0.1) is 0 Å². The van der Waals surface area contributed by atoms with Gasteiger partial charge in [-0.2, -0.15) is 0 Å². The van der Waals surface area contributed by atoms with Gasteiger partial charge in [-0.05, 0) is 30.7 Å². The quantitative estimate of drug-likeness (QED) is 0.786. The first kappa shape index (κ1) is 12.4. The number of anilines is 1. The lowest BCUT2D eigenvalue weighted by atomic mass is 10.2. The monoisotopic (exact) mass is 263 g/mol. The topological polar surface area (TPSA) is 65.6 Å². The summed E-state index contributed by atoms with van der Waals surface area (Å²) in [7, 11) is 0. The number of nitrogens with zero attached hydrogens (tertiary/aromatic N) is 1. The highest BCUT2D eigenvalue weighted by Gasteiger charge is 2.30. The zero-order valence-electron chi connectivity index (χ0n) is 10.6. The zero-order valence-corrected chi connectivity index (χ0v) is 10.6. The zero-order chi connectivity index (χ0) is 13.2. The van der Waals surface area contributed by atoms with E-state index in [0.717, 1.165) is 18.7 Å². The Labute approximate surface area is 111 Å². The standard InChI is InChI=1S/C14H17NO4/c16-11-3-1-10(2-4-11)15(7-13-9-19-13)14(17)6-5-12-8-18-12/h1-4,12-13,16H,5-9H2. The maximum Gasteiger partial charge on any atom is 0.227 e. The van der Waals surface area contributed by atoms with Gasteiger partial charge >= 0.3 is 0 Å². The van der Waals surface area contributed by atoms with Gasteiger partial charge in [0.25, 0.3) is 0 Å². The molecular formula is C14H17NO4. The molecule has 2 saturated heterocycles. The van der Waals surface area contributed by atoms with E-state index in [1.807, 2.05) is 0 Å². The maximum absolute atomic E-state index is 12.3. The lowest BCUT2D eigenvalue weighted by molar-refractivity contribution is -0.118. The fraction of sp³-hybridized carbons (Fsp3) is 0.500. The lowest BCUT2D eigenvalue weighted by Crippen LogP contribution is -2.34. The van der Waals surface area contributed by atoms with Crippen LogP contribution < -0.4 is 4.90 Å². The van der Waals surface area contributed by atoms with Crippen LogP contribution in [-0.2, 0) is 14.3 Å². The minimum absolute atomic E-state index is 0.0803. The van der Waals surface area contributed by atoms with Crippen molar-refractivity contribution in [2.75, 3.05) is 24.7 Å². The Bertz CT molecular complexity index is 451. The Morgan fingerprint density at radius 1 is 1.21 bits per heavy atom. The van der Waals surface area contributed by atoms with Crippen LogP contribution in [0.3, 0.4) is 0 Å². The number of carbonyl (C=O) groups is 1. The van der Waals surface area contributed by atoms with E-state index in [1.54, 1.807) is 29.2 Å². The predicted molar refractivity (Wildman–Crippen MR) is 69.2 cm³/mol. The number of benzene rings is 1. The van der Waals surface area contributed by atoms with E-state index in [9.17, 15) is 9.90 Å². The number of amides is 1. The molecule has 19 heavy (non-hydrogen) atoms. The fourth-order valence-electron chi connectivity index (χ4n) is 2.02. The highest BCUT2D eigenvalue weighted by atomic mass is 16.6. The molecular weight excluding hydrogens is 246 g/mol. The molecule has 1 aromatic carbocycles. The van der Waals surface area contributed by atoms with Crippen molar-refractivity contribution in [3.63, 3.8) is 0 Å². The molecule has 102 valence electrons. The average molecular weight is 263 g/mol. The minimum atomic E-state index is 0.0803. The van der Waals surface area contributed by atoms with E-state index >= 15 is 0 Å². The third-order valence-corrected chi connectivity index (χ3v) is 3.33. The van der Waals surface area contributed by atoms with Gasteiger partial charge in [-0.1, -0.05) is 0 Å². The van der Waals surface area contributed by atoms with Crippen molar-refractivity contribution >= 4 is 11.6 Å². The first-order valence-electron chi connectivity index (χ1n) is 6.55. The molecule has 0 radical (unpaired) electrons. The predicted octanol–water partition coefficient (Wildman–Crippen LogP) is 1.30. The number of hydrogen-bond donors (Lipinski definition) is 1. The second-order valence-corrected chi connectivity index (χ2v) is 4.97. The SMILES string of the molecule is O=C(CCC1CO1)N(CC1CO1)c1ccc(O)cc1. The van der Waals surface area contributed by atoms with Gasteiger partial charge in [0.2, 0.25) is 5.91 Å². The third-order valence-electron chi connectivity index (χ3n) is 3.33. The van der Waals surface area contributed by atoms with Gasteiger partial charge in [0.1, 0.15) is 5.75 Å². The van der Waals surface area contributed by atoms with Crippen molar-refractivity contribution in [2.45, 2.75) is 25.0 Å². The second-order valence-electron chi connectivity index (χ2n) is 4.97. The number of aromatic hydroxyl groups is 1. The summed E-state index contributed by atoms with van der Waals surface area (Å²) in [5.41, 5.74) is 0.801. The molecule has 2 unspecified atom stereocenters. The number of hydrogen-bond acceptors (Lipinski definition) is 4. The van der Waals surface area contributed by atoms with Crippen LogP contribution >= 0.6 is 0 Å². The number of ether oxygens (including phenoxy) is 2. The highest BCUT2D eigenvalue weighted by Crippen LogP contribution is 2.24. The van der Waals surface area contributed by atoms with Crippen molar-refractivity contribution in [1.29, 1.82) is 0 Å². The molecule has 0 bridgehead atoms. The molecule has 3 rings (SSSR count). The van der Waals surface area contributed by atoms with Crippen LogP contribution in [0.2, 0.25) is 0 Å². The number of rotatable bonds is 6. The molecule has 2 aliphatic rings. The smallest absolute Gasteiger partial charge is 0.227 e. The van der Waals surface area contributed by atoms with E-state index in [2.05, 4.69) is 0 Å².